The molecule has 0 radical (unpaired) electrons. The highest BCUT2D eigenvalue weighted by molar-refractivity contribution is 9.09. The molecule has 2 atom stereocenters. The van der Waals surface area contributed by atoms with Crippen LogP contribution in [0.5, 0.6) is 5.75 Å². The lowest BCUT2D eigenvalue weighted by Crippen LogP contribution is -2.21. The van der Waals surface area contributed by atoms with E-state index in [-0.39, 0.29) is 10.9 Å². The van der Waals surface area contributed by atoms with Crippen molar-refractivity contribution >= 4 is 15.9 Å². The third kappa shape index (κ3) is 2.66. The van der Waals surface area contributed by atoms with Gasteiger partial charge in [0.25, 0.3) is 0 Å². The molecule has 1 aliphatic heterocycles. The largest absolute Gasteiger partial charge is 0.488 e. The summed E-state index contributed by atoms with van der Waals surface area (Å²) in [5.41, 5.74) is 3.52. The number of fused-ring (bicyclic) bond motifs is 1. The quantitative estimate of drug-likeness (QED) is 0.816. The molecule has 0 N–H and O–H groups in total. The van der Waals surface area contributed by atoms with E-state index in [0.29, 0.717) is 0 Å². The summed E-state index contributed by atoms with van der Waals surface area (Å²) in [6.45, 7) is 4.88. The molecule has 5 heteroatoms. The Bertz CT molecular complexity index is 594. The standard InChI is InChI=1S/C14H16BrN3O/c1-9-3-4-14-11(5-9)6-12(19-14)7-18-8-13(10(2)15)16-17-18/h3-5,8,10,12H,6-7H2,1-2H3. The fourth-order valence-electron chi connectivity index (χ4n) is 2.34. The smallest absolute Gasteiger partial charge is 0.123 e. The highest BCUT2D eigenvalue weighted by atomic mass is 79.9. The molecule has 0 amide bonds. The zero-order chi connectivity index (χ0) is 13.4. The fraction of sp³-hybridized carbons (Fsp3) is 0.429. The molecule has 4 nitrogen and oxygen atoms in total. The molecule has 1 aliphatic rings. The molecule has 0 saturated carbocycles. The zero-order valence-electron chi connectivity index (χ0n) is 11.0. The van der Waals surface area contributed by atoms with Gasteiger partial charge in [0.15, 0.2) is 0 Å². The number of hydrogen-bond donors (Lipinski definition) is 0. The Hall–Kier alpha value is -1.36. The number of nitrogens with zero attached hydrogens (tertiary/aromatic N) is 3. The van der Waals surface area contributed by atoms with Crippen molar-refractivity contribution in [3.05, 3.63) is 41.2 Å². The van der Waals surface area contributed by atoms with E-state index in [4.69, 9.17) is 4.74 Å². The number of halogens is 1. The van der Waals surface area contributed by atoms with Crippen molar-refractivity contribution in [1.82, 2.24) is 15.0 Å². The third-order valence-corrected chi connectivity index (χ3v) is 3.78. The first-order chi connectivity index (χ1) is 9.11. The lowest BCUT2D eigenvalue weighted by Gasteiger charge is -2.09. The first-order valence-electron chi connectivity index (χ1n) is 6.42. The van der Waals surface area contributed by atoms with Gasteiger partial charge in [0.1, 0.15) is 11.9 Å². The summed E-state index contributed by atoms with van der Waals surface area (Å²) in [7, 11) is 0. The van der Waals surface area contributed by atoms with Crippen LogP contribution in [0.2, 0.25) is 0 Å². The van der Waals surface area contributed by atoms with Crippen molar-refractivity contribution in [2.24, 2.45) is 0 Å². The van der Waals surface area contributed by atoms with E-state index < -0.39 is 0 Å². The van der Waals surface area contributed by atoms with E-state index in [9.17, 15) is 0 Å². The number of hydrogen-bond acceptors (Lipinski definition) is 3. The van der Waals surface area contributed by atoms with Crippen LogP contribution in [0.3, 0.4) is 0 Å². The molecule has 0 saturated heterocycles. The van der Waals surface area contributed by atoms with Crippen molar-refractivity contribution < 1.29 is 4.74 Å². The van der Waals surface area contributed by atoms with Gasteiger partial charge in [-0.3, -0.25) is 0 Å². The first kappa shape index (κ1) is 12.7. The Balaban J connectivity index is 1.69. The molecule has 2 unspecified atom stereocenters. The summed E-state index contributed by atoms with van der Waals surface area (Å²) >= 11 is 3.49. The normalized spacial score (nSPS) is 19.0. The van der Waals surface area contributed by atoms with Crippen LogP contribution < -0.4 is 4.74 Å². The highest BCUT2D eigenvalue weighted by Crippen LogP contribution is 2.30. The van der Waals surface area contributed by atoms with Gasteiger partial charge in [0.05, 0.1) is 17.1 Å². The fourth-order valence-corrected chi connectivity index (χ4v) is 2.55. The van der Waals surface area contributed by atoms with Crippen LogP contribution in [0.25, 0.3) is 0 Å². The van der Waals surface area contributed by atoms with E-state index >= 15 is 0 Å². The van der Waals surface area contributed by atoms with Gasteiger partial charge in [-0.05, 0) is 25.5 Å². The van der Waals surface area contributed by atoms with Crippen molar-refractivity contribution in [3.63, 3.8) is 0 Å². The molecule has 2 aromatic rings. The maximum Gasteiger partial charge on any atom is 0.123 e. The van der Waals surface area contributed by atoms with Gasteiger partial charge in [-0.2, -0.15) is 0 Å². The van der Waals surface area contributed by atoms with Gasteiger partial charge in [-0.15, -0.1) is 5.10 Å². The molecule has 0 aliphatic carbocycles. The van der Waals surface area contributed by atoms with Gasteiger partial charge >= 0.3 is 0 Å². The van der Waals surface area contributed by atoms with Crippen LogP contribution in [-0.4, -0.2) is 21.1 Å². The minimum absolute atomic E-state index is 0.150. The van der Waals surface area contributed by atoms with E-state index in [1.165, 1.54) is 11.1 Å². The van der Waals surface area contributed by atoms with E-state index in [1.807, 2.05) is 17.8 Å². The van der Waals surface area contributed by atoms with Crippen LogP contribution in [-0.2, 0) is 13.0 Å². The Morgan fingerprint density at radius 2 is 2.37 bits per heavy atom. The second kappa shape index (κ2) is 4.96. The van der Waals surface area contributed by atoms with Gasteiger partial charge in [0, 0.05) is 12.6 Å². The lowest BCUT2D eigenvalue weighted by atomic mass is 10.1. The van der Waals surface area contributed by atoms with Crippen molar-refractivity contribution in [2.45, 2.75) is 37.7 Å². The van der Waals surface area contributed by atoms with Crippen LogP contribution in [0.1, 0.15) is 28.6 Å². The number of rotatable bonds is 3. The third-order valence-electron chi connectivity index (χ3n) is 3.31. The van der Waals surface area contributed by atoms with Crippen LogP contribution in [0, 0.1) is 6.92 Å². The Labute approximate surface area is 120 Å². The Morgan fingerprint density at radius 1 is 1.53 bits per heavy atom. The number of aryl methyl sites for hydroxylation is 1. The van der Waals surface area contributed by atoms with Crippen molar-refractivity contribution in [3.8, 4) is 5.75 Å². The van der Waals surface area contributed by atoms with E-state index in [0.717, 1.165) is 24.4 Å². The molecular weight excluding hydrogens is 306 g/mol. The maximum absolute atomic E-state index is 5.94. The van der Waals surface area contributed by atoms with Gasteiger partial charge in [-0.1, -0.05) is 38.8 Å². The topological polar surface area (TPSA) is 39.9 Å². The summed E-state index contributed by atoms with van der Waals surface area (Å²) in [6.07, 6.45) is 3.06. The highest BCUT2D eigenvalue weighted by Gasteiger charge is 2.23. The minimum atomic E-state index is 0.150. The van der Waals surface area contributed by atoms with Crippen molar-refractivity contribution in [2.75, 3.05) is 0 Å². The summed E-state index contributed by atoms with van der Waals surface area (Å²) in [5.74, 6) is 1.00. The monoisotopic (exact) mass is 321 g/mol. The molecule has 0 bridgehead atoms. The molecule has 0 spiro atoms. The second-order valence-corrected chi connectivity index (χ2v) is 6.41. The van der Waals surface area contributed by atoms with Crippen LogP contribution in [0.4, 0.5) is 0 Å². The summed E-state index contributed by atoms with van der Waals surface area (Å²) in [4.78, 5) is 0.227. The average molecular weight is 322 g/mol. The number of alkyl halides is 1. The molecule has 0 fully saturated rings. The van der Waals surface area contributed by atoms with Gasteiger partial charge < -0.3 is 4.74 Å². The molecule has 1 aromatic carbocycles. The summed E-state index contributed by atoms with van der Waals surface area (Å²) in [6, 6.07) is 6.34. The Morgan fingerprint density at radius 3 is 3.11 bits per heavy atom. The van der Waals surface area contributed by atoms with Crippen LogP contribution in [0.15, 0.2) is 24.4 Å². The molecule has 3 rings (SSSR count). The molecule has 2 heterocycles. The predicted octanol–water partition coefficient (Wildman–Crippen LogP) is 3.05. The minimum Gasteiger partial charge on any atom is -0.488 e. The predicted molar refractivity (Wildman–Crippen MR) is 76.7 cm³/mol. The average Bonchev–Trinajstić information content (AvgIpc) is 2.95. The molecule has 1 aromatic heterocycles. The number of ether oxygens (including phenoxy) is 1. The van der Waals surface area contributed by atoms with E-state index in [2.05, 4.69) is 51.4 Å². The molecular formula is C14H16BrN3O. The van der Waals surface area contributed by atoms with Crippen molar-refractivity contribution in [1.29, 1.82) is 0 Å². The number of benzene rings is 1. The SMILES string of the molecule is Cc1ccc2c(c1)CC(Cn1cc(C(C)Br)nn1)O2. The maximum atomic E-state index is 5.94. The second-order valence-electron chi connectivity index (χ2n) is 5.04. The Kier molecular flexibility index (Phi) is 3.31. The van der Waals surface area contributed by atoms with Gasteiger partial charge in [0.2, 0.25) is 0 Å². The molecule has 19 heavy (non-hydrogen) atoms. The van der Waals surface area contributed by atoms with Gasteiger partial charge in [-0.25, -0.2) is 4.68 Å². The summed E-state index contributed by atoms with van der Waals surface area (Å²) < 4.78 is 7.79. The lowest BCUT2D eigenvalue weighted by molar-refractivity contribution is 0.202. The summed E-state index contributed by atoms with van der Waals surface area (Å²) in [5, 5.41) is 8.27. The molecule has 100 valence electrons. The van der Waals surface area contributed by atoms with Crippen LogP contribution >= 0.6 is 15.9 Å². The first-order valence-corrected chi connectivity index (χ1v) is 7.33. The van der Waals surface area contributed by atoms with E-state index in [1.54, 1.807) is 0 Å². The zero-order valence-corrected chi connectivity index (χ0v) is 12.6. The number of aromatic nitrogens is 3.